The van der Waals surface area contributed by atoms with E-state index in [1.54, 1.807) is 36.4 Å². The van der Waals surface area contributed by atoms with Crippen LogP contribution in [0.3, 0.4) is 0 Å². The topological polar surface area (TPSA) is 122 Å². The van der Waals surface area contributed by atoms with Crippen LogP contribution in [-0.4, -0.2) is 23.6 Å². The Bertz CT molecular complexity index is 1240. The fraction of sp³-hybridized carbons (Fsp3) is 0.125. The highest BCUT2D eigenvalue weighted by atomic mass is 79.9. The number of amides is 1. The third-order valence-electron chi connectivity index (χ3n) is 4.27. The zero-order valence-electron chi connectivity index (χ0n) is 17.5. The van der Waals surface area contributed by atoms with E-state index in [9.17, 15) is 14.9 Å². The molecule has 0 spiro atoms. The lowest BCUT2D eigenvalue weighted by molar-refractivity contribution is -0.112. The second-order valence-electron chi connectivity index (χ2n) is 6.63. The molecule has 1 heterocycles. The van der Waals surface area contributed by atoms with Crippen LogP contribution < -0.4 is 14.8 Å². The number of rotatable bonds is 9. The first kappa shape index (κ1) is 23.6. The van der Waals surface area contributed by atoms with Crippen LogP contribution in [0.5, 0.6) is 11.5 Å². The fourth-order valence-electron chi connectivity index (χ4n) is 2.80. The third-order valence-corrected chi connectivity index (χ3v) is 4.76. The van der Waals surface area contributed by atoms with Crippen LogP contribution in [0.15, 0.2) is 69.1 Å². The average Bonchev–Trinajstić information content (AvgIpc) is 3.26. The van der Waals surface area contributed by atoms with Crippen LogP contribution in [0.1, 0.15) is 28.8 Å². The normalized spacial score (nSPS) is 10.9. The number of nitrogens with one attached hydrogen (secondary N) is 1. The summed E-state index contributed by atoms with van der Waals surface area (Å²) in [5.74, 6) is -0.731. The molecule has 2 N–H and O–H groups in total. The molecular weight excluding hydrogens is 492 g/mol. The minimum atomic E-state index is -1.16. The first-order valence-electron chi connectivity index (χ1n) is 9.80. The zero-order valence-corrected chi connectivity index (χ0v) is 19.1. The molecule has 33 heavy (non-hydrogen) atoms. The molecule has 0 fully saturated rings. The van der Waals surface area contributed by atoms with Crippen molar-refractivity contribution in [2.45, 2.75) is 13.5 Å². The monoisotopic (exact) mass is 510 g/mol. The van der Waals surface area contributed by atoms with E-state index >= 15 is 0 Å². The van der Waals surface area contributed by atoms with Crippen LogP contribution in [0.2, 0.25) is 0 Å². The molecule has 0 saturated carbocycles. The predicted octanol–water partition coefficient (Wildman–Crippen LogP) is 5.26. The molecular formula is C24H19BrN2O6. The lowest BCUT2D eigenvalue weighted by atomic mass is 10.1. The summed E-state index contributed by atoms with van der Waals surface area (Å²) in [5, 5.41) is 21.1. The first-order chi connectivity index (χ1) is 15.9. The van der Waals surface area contributed by atoms with Gasteiger partial charge in [0, 0.05) is 10.2 Å². The molecule has 0 unspecified atom stereocenters. The SMILES string of the molecule is CCOc1cc(C=C(C#N)C(=O)Nc2cccc(Br)c2)ccc1OCc1ccc(C(=O)O)o1. The number of halogens is 1. The first-order valence-corrected chi connectivity index (χ1v) is 10.6. The van der Waals surface area contributed by atoms with Gasteiger partial charge in [-0.3, -0.25) is 4.79 Å². The molecule has 1 aromatic heterocycles. The van der Waals surface area contributed by atoms with Gasteiger partial charge in [0.25, 0.3) is 5.91 Å². The number of furan rings is 1. The maximum Gasteiger partial charge on any atom is 0.371 e. The van der Waals surface area contributed by atoms with E-state index in [4.69, 9.17) is 19.0 Å². The van der Waals surface area contributed by atoms with Gasteiger partial charge in [-0.05, 0) is 61.0 Å². The van der Waals surface area contributed by atoms with Crippen molar-refractivity contribution in [3.63, 3.8) is 0 Å². The number of ether oxygens (including phenoxy) is 2. The summed E-state index contributed by atoms with van der Waals surface area (Å²) in [4.78, 5) is 23.5. The minimum absolute atomic E-state index is 0.00102. The van der Waals surface area contributed by atoms with Gasteiger partial charge in [-0.2, -0.15) is 5.26 Å². The Morgan fingerprint density at radius 1 is 1.15 bits per heavy atom. The van der Waals surface area contributed by atoms with Crippen molar-refractivity contribution >= 4 is 39.6 Å². The van der Waals surface area contributed by atoms with Crippen LogP contribution >= 0.6 is 15.9 Å². The maximum atomic E-state index is 12.5. The van der Waals surface area contributed by atoms with Gasteiger partial charge in [-0.15, -0.1) is 0 Å². The van der Waals surface area contributed by atoms with Gasteiger partial charge in [0.1, 0.15) is 24.0 Å². The maximum absolute atomic E-state index is 12.5. The number of hydrogen-bond donors (Lipinski definition) is 2. The Balaban J connectivity index is 1.77. The van der Waals surface area contributed by atoms with E-state index in [2.05, 4.69) is 21.2 Å². The number of hydrogen-bond acceptors (Lipinski definition) is 6. The van der Waals surface area contributed by atoms with Crippen molar-refractivity contribution in [2.24, 2.45) is 0 Å². The summed E-state index contributed by atoms with van der Waals surface area (Å²) in [6.45, 7) is 2.17. The summed E-state index contributed by atoms with van der Waals surface area (Å²) in [5.41, 5.74) is 1.04. The minimum Gasteiger partial charge on any atom is -0.490 e. The highest BCUT2D eigenvalue weighted by molar-refractivity contribution is 9.10. The van der Waals surface area contributed by atoms with Gasteiger partial charge in [0.15, 0.2) is 11.5 Å². The van der Waals surface area contributed by atoms with Gasteiger partial charge >= 0.3 is 5.97 Å². The van der Waals surface area contributed by atoms with E-state index in [-0.39, 0.29) is 17.9 Å². The van der Waals surface area contributed by atoms with Crippen molar-refractivity contribution in [2.75, 3.05) is 11.9 Å². The summed E-state index contributed by atoms with van der Waals surface area (Å²) in [6, 6.07) is 16.8. The van der Waals surface area contributed by atoms with Crippen molar-refractivity contribution < 1.29 is 28.6 Å². The number of anilines is 1. The molecule has 0 saturated heterocycles. The van der Waals surface area contributed by atoms with E-state index < -0.39 is 11.9 Å². The predicted molar refractivity (Wildman–Crippen MR) is 124 cm³/mol. The second-order valence-corrected chi connectivity index (χ2v) is 7.55. The Morgan fingerprint density at radius 2 is 1.97 bits per heavy atom. The third kappa shape index (κ3) is 6.48. The Morgan fingerprint density at radius 3 is 2.64 bits per heavy atom. The van der Waals surface area contributed by atoms with Gasteiger partial charge in [-0.25, -0.2) is 4.79 Å². The van der Waals surface area contributed by atoms with E-state index in [0.29, 0.717) is 35.1 Å². The van der Waals surface area contributed by atoms with E-state index in [1.165, 1.54) is 18.2 Å². The number of carboxylic acids is 1. The van der Waals surface area contributed by atoms with Crippen molar-refractivity contribution in [1.82, 2.24) is 0 Å². The molecule has 168 valence electrons. The molecule has 3 rings (SSSR count). The van der Waals surface area contributed by atoms with E-state index in [1.807, 2.05) is 19.1 Å². The standard InChI is InChI=1S/C24H19BrN2O6/c1-2-31-22-11-15(6-8-20(22)32-14-19-7-9-21(33-19)24(29)30)10-16(13-26)23(28)27-18-5-3-4-17(25)12-18/h3-12H,2,14H2,1H3,(H,27,28)(H,29,30). The molecule has 0 radical (unpaired) electrons. The average molecular weight is 511 g/mol. The lowest BCUT2D eigenvalue weighted by Gasteiger charge is -2.12. The second kappa shape index (κ2) is 11.0. The Kier molecular flexibility index (Phi) is 7.89. The number of aromatic carboxylic acids is 1. The van der Waals surface area contributed by atoms with E-state index in [0.717, 1.165) is 4.47 Å². The quantitative estimate of drug-likeness (QED) is 0.297. The number of carbonyl (C=O) groups is 2. The number of carboxylic acid groups (broad SMARTS) is 1. The molecule has 1 amide bonds. The number of carbonyl (C=O) groups excluding carboxylic acids is 1. The Labute approximate surface area is 198 Å². The molecule has 0 aliphatic carbocycles. The van der Waals surface area contributed by atoms with Gasteiger partial charge in [0.2, 0.25) is 5.76 Å². The summed E-state index contributed by atoms with van der Waals surface area (Å²) in [6.07, 6.45) is 1.45. The van der Waals surface area contributed by atoms with Crippen LogP contribution in [-0.2, 0) is 11.4 Å². The van der Waals surface area contributed by atoms with Crippen molar-refractivity contribution in [3.8, 4) is 17.6 Å². The van der Waals surface area contributed by atoms with Gasteiger partial charge in [0.05, 0.1) is 6.61 Å². The van der Waals surface area contributed by atoms with Crippen LogP contribution in [0, 0.1) is 11.3 Å². The molecule has 0 atom stereocenters. The highest BCUT2D eigenvalue weighted by Gasteiger charge is 2.13. The molecule has 0 bridgehead atoms. The molecule has 3 aromatic rings. The molecule has 0 aliphatic rings. The molecule has 0 aliphatic heterocycles. The summed E-state index contributed by atoms with van der Waals surface area (Å²) >= 11 is 3.34. The zero-order chi connectivity index (χ0) is 23.8. The van der Waals surface area contributed by atoms with Gasteiger partial charge < -0.3 is 24.3 Å². The lowest BCUT2D eigenvalue weighted by Crippen LogP contribution is -2.13. The Hall–Kier alpha value is -4.03. The molecule has 2 aromatic carbocycles. The summed E-state index contributed by atoms with van der Waals surface area (Å²) in [7, 11) is 0. The fourth-order valence-corrected chi connectivity index (χ4v) is 3.20. The molecule has 8 nitrogen and oxygen atoms in total. The number of benzene rings is 2. The number of nitrogens with zero attached hydrogens (tertiary/aromatic N) is 1. The van der Waals surface area contributed by atoms with Crippen LogP contribution in [0.25, 0.3) is 6.08 Å². The largest absolute Gasteiger partial charge is 0.490 e. The number of nitriles is 1. The van der Waals surface area contributed by atoms with Crippen molar-refractivity contribution in [1.29, 1.82) is 5.26 Å². The van der Waals surface area contributed by atoms with Gasteiger partial charge in [-0.1, -0.05) is 28.1 Å². The molecule has 9 heteroatoms. The summed E-state index contributed by atoms with van der Waals surface area (Å²) < 4.78 is 17.3. The van der Waals surface area contributed by atoms with Crippen LogP contribution in [0.4, 0.5) is 5.69 Å². The smallest absolute Gasteiger partial charge is 0.371 e. The highest BCUT2D eigenvalue weighted by Crippen LogP contribution is 2.30. The van der Waals surface area contributed by atoms with Crippen molar-refractivity contribution in [3.05, 3.63) is 81.7 Å².